The summed E-state index contributed by atoms with van der Waals surface area (Å²) in [5, 5.41) is 0. The Morgan fingerprint density at radius 2 is 1.17 bits per heavy atom. The average molecular weight is 309 g/mol. The molecule has 1 unspecified atom stereocenters. The van der Waals surface area contributed by atoms with E-state index in [1.54, 1.807) is 0 Å². The Morgan fingerprint density at radius 3 is 1.61 bits per heavy atom. The minimum atomic E-state index is 0.607. The second kappa shape index (κ2) is 8.91. The van der Waals surface area contributed by atoms with Gasteiger partial charge in [-0.05, 0) is 59.8 Å². The van der Waals surface area contributed by atoms with Crippen molar-refractivity contribution in [3.05, 3.63) is 70.8 Å². The zero-order valence-corrected chi connectivity index (χ0v) is 15.3. The van der Waals surface area contributed by atoms with Crippen LogP contribution in [0.1, 0.15) is 81.0 Å². The second-order valence-electron chi connectivity index (χ2n) is 6.98. The van der Waals surface area contributed by atoms with Crippen molar-refractivity contribution < 1.29 is 0 Å². The third-order valence-corrected chi connectivity index (χ3v) is 5.03. The lowest BCUT2D eigenvalue weighted by atomic mass is 9.86. The normalized spacial score (nSPS) is 13.7. The zero-order valence-electron chi connectivity index (χ0n) is 15.3. The van der Waals surface area contributed by atoms with Crippen LogP contribution in [0.4, 0.5) is 0 Å². The molecular formula is C23H32. The minimum absolute atomic E-state index is 0.607. The van der Waals surface area contributed by atoms with Crippen LogP contribution < -0.4 is 0 Å². The van der Waals surface area contributed by atoms with E-state index in [4.69, 9.17) is 0 Å². The van der Waals surface area contributed by atoms with Crippen molar-refractivity contribution in [2.75, 3.05) is 0 Å². The van der Waals surface area contributed by atoms with E-state index >= 15 is 0 Å². The Hall–Kier alpha value is -1.56. The van der Waals surface area contributed by atoms with Crippen LogP contribution in [-0.2, 0) is 12.8 Å². The van der Waals surface area contributed by atoms with Gasteiger partial charge in [0.15, 0.2) is 0 Å². The molecule has 124 valence electrons. The lowest BCUT2D eigenvalue weighted by molar-refractivity contribution is 0.592. The van der Waals surface area contributed by atoms with Crippen molar-refractivity contribution in [3.8, 4) is 0 Å². The smallest absolute Gasteiger partial charge is 0.0185 e. The molecule has 0 fully saturated rings. The Balaban J connectivity index is 1.95. The quantitative estimate of drug-likeness (QED) is 0.498. The van der Waals surface area contributed by atoms with Crippen LogP contribution in [0.3, 0.4) is 0 Å². The molecule has 0 aliphatic carbocycles. The molecule has 23 heavy (non-hydrogen) atoms. The zero-order chi connectivity index (χ0) is 16.7. The van der Waals surface area contributed by atoms with Gasteiger partial charge < -0.3 is 0 Å². The molecule has 0 N–H and O–H groups in total. The van der Waals surface area contributed by atoms with E-state index in [9.17, 15) is 0 Å². The van der Waals surface area contributed by atoms with Gasteiger partial charge in [-0.1, -0.05) is 82.6 Å². The molecule has 0 radical (unpaired) electrons. The van der Waals surface area contributed by atoms with Gasteiger partial charge >= 0.3 is 0 Å². The van der Waals surface area contributed by atoms with Gasteiger partial charge in [-0.15, -0.1) is 0 Å². The predicted octanol–water partition coefficient (Wildman–Crippen LogP) is 6.89. The SMILES string of the molecule is CCCCc1ccc([C@H](C)CC(C)c2ccc(CC)cc2)cc1. The lowest BCUT2D eigenvalue weighted by Crippen LogP contribution is -2.01. The van der Waals surface area contributed by atoms with E-state index < -0.39 is 0 Å². The molecule has 0 aliphatic heterocycles. The van der Waals surface area contributed by atoms with Gasteiger partial charge in [-0.2, -0.15) is 0 Å². The maximum atomic E-state index is 2.36. The molecule has 0 aromatic heterocycles. The Labute approximate surface area is 143 Å². The third kappa shape index (κ3) is 5.23. The van der Waals surface area contributed by atoms with Gasteiger partial charge in [0.1, 0.15) is 0 Å². The van der Waals surface area contributed by atoms with E-state index in [0.717, 1.165) is 6.42 Å². The molecule has 0 aliphatic rings. The summed E-state index contributed by atoms with van der Waals surface area (Å²) in [7, 11) is 0. The maximum absolute atomic E-state index is 2.36. The fourth-order valence-corrected chi connectivity index (χ4v) is 3.28. The molecule has 2 aromatic carbocycles. The molecule has 0 saturated heterocycles. The first kappa shape index (κ1) is 17.8. The molecular weight excluding hydrogens is 276 g/mol. The van der Waals surface area contributed by atoms with Crippen LogP contribution in [0.5, 0.6) is 0 Å². The van der Waals surface area contributed by atoms with Crippen LogP contribution in [0.2, 0.25) is 0 Å². The summed E-state index contributed by atoms with van der Waals surface area (Å²) in [6.45, 7) is 9.18. The van der Waals surface area contributed by atoms with Crippen molar-refractivity contribution in [3.63, 3.8) is 0 Å². The largest absolute Gasteiger partial charge is 0.0654 e. The Morgan fingerprint density at radius 1 is 0.696 bits per heavy atom. The van der Waals surface area contributed by atoms with Crippen molar-refractivity contribution in [2.24, 2.45) is 0 Å². The predicted molar refractivity (Wildman–Crippen MR) is 102 cm³/mol. The molecule has 0 heteroatoms. The van der Waals surface area contributed by atoms with Crippen molar-refractivity contribution in [1.82, 2.24) is 0 Å². The fraction of sp³-hybridized carbons (Fsp3) is 0.478. The van der Waals surface area contributed by atoms with E-state index in [2.05, 4.69) is 76.2 Å². The Kier molecular flexibility index (Phi) is 6.89. The molecule has 0 heterocycles. The molecule has 2 aromatic rings. The van der Waals surface area contributed by atoms with Crippen LogP contribution in [0.15, 0.2) is 48.5 Å². The molecule has 0 bridgehead atoms. The summed E-state index contributed by atoms with van der Waals surface area (Å²) in [5.41, 5.74) is 5.85. The number of unbranched alkanes of at least 4 members (excludes halogenated alkanes) is 1. The number of hydrogen-bond acceptors (Lipinski definition) is 0. The third-order valence-electron chi connectivity index (χ3n) is 5.03. The summed E-state index contributed by atoms with van der Waals surface area (Å²) >= 11 is 0. The highest BCUT2D eigenvalue weighted by Gasteiger charge is 2.12. The highest BCUT2D eigenvalue weighted by molar-refractivity contribution is 5.28. The molecule has 2 rings (SSSR count). The number of aryl methyl sites for hydroxylation is 2. The van der Waals surface area contributed by atoms with Gasteiger partial charge in [0, 0.05) is 0 Å². The molecule has 0 nitrogen and oxygen atoms in total. The maximum Gasteiger partial charge on any atom is -0.0185 e. The fourth-order valence-electron chi connectivity index (χ4n) is 3.28. The van der Waals surface area contributed by atoms with Gasteiger partial charge in [0.25, 0.3) is 0 Å². The highest BCUT2D eigenvalue weighted by Crippen LogP contribution is 2.29. The summed E-state index contributed by atoms with van der Waals surface area (Å²) in [5.74, 6) is 1.21. The van der Waals surface area contributed by atoms with Crippen LogP contribution in [0, 0.1) is 0 Å². The van der Waals surface area contributed by atoms with Crippen LogP contribution >= 0.6 is 0 Å². The first-order valence-corrected chi connectivity index (χ1v) is 9.31. The first-order valence-electron chi connectivity index (χ1n) is 9.31. The summed E-state index contributed by atoms with van der Waals surface area (Å²) in [6, 6.07) is 18.5. The molecule has 0 spiro atoms. The van der Waals surface area contributed by atoms with E-state index in [1.165, 1.54) is 47.9 Å². The van der Waals surface area contributed by atoms with Crippen molar-refractivity contribution >= 4 is 0 Å². The van der Waals surface area contributed by atoms with E-state index in [1.807, 2.05) is 0 Å². The number of rotatable bonds is 8. The topological polar surface area (TPSA) is 0 Å². The highest BCUT2D eigenvalue weighted by atomic mass is 14.2. The monoisotopic (exact) mass is 308 g/mol. The van der Waals surface area contributed by atoms with Crippen LogP contribution in [0.25, 0.3) is 0 Å². The molecule has 0 saturated carbocycles. The summed E-state index contributed by atoms with van der Waals surface area (Å²) in [4.78, 5) is 0. The standard InChI is InChI=1S/C23H32/c1-5-7-8-21-11-15-23(16-12-21)19(4)17-18(3)22-13-9-20(6-2)10-14-22/h9-16,18-19H,5-8,17H2,1-4H3/t18?,19-/m1/s1. The van der Waals surface area contributed by atoms with Crippen LogP contribution in [-0.4, -0.2) is 0 Å². The van der Waals surface area contributed by atoms with Crippen molar-refractivity contribution in [2.45, 2.75) is 71.6 Å². The van der Waals surface area contributed by atoms with E-state index in [0.29, 0.717) is 11.8 Å². The Bertz CT molecular complexity index is 562. The van der Waals surface area contributed by atoms with Crippen molar-refractivity contribution in [1.29, 1.82) is 0 Å². The minimum Gasteiger partial charge on any atom is -0.0654 e. The van der Waals surface area contributed by atoms with Gasteiger partial charge in [-0.25, -0.2) is 0 Å². The van der Waals surface area contributed by atoms with E-state index in [-0.39, 0.29) is 0 Å². The van der Waals surface area contributed by atoms with Gasteiger partial charge in [0.2, 0.25) is 0 Å². The average Bonchev–Trinajstić information content (AvgIpc) is 2.60. The number of hydrogen-bond donors (Lipinski definition) is 0. The molecule has 0 amide bonds. The summed E-state index contributed by atoms with van der Waals surface area (Å²) < 4.78 is 0. The lowest BCUT2D eigenvalue weighted by Gasteiger charge is -2.19. The second-order valence-corrected chi connectivity index (χ2v) is 6.98. The first-order chi connectivity index (χ1) is 11.1. The number of benzene rings is 2. The van der Waals surface area contributed by atoms with Gasteiger partial charge in [-0.3, -0.25) is 0 Å². The summed E-state index contributed by atoms with van der Waals surface area (Å²) in [6.07, 6.45) is 6.10. The molecule has 2 atom stereocenters. The van der Waals surface area contributed by atoms with Gasteiger partial charge in [0.05, 0.1) is 0 Å².